The van der Waals surface area contributed by atoms with Crippen LogP contribution in [0.4, 0.5) is 22.6 Å². The fourth-order valence-electron chi connectivity index (χ4n) is 3.50. The van der Waals surface area contributed by atoms with Crippen LogP contribution in [0.25, 0.3) is 0 Å². The van der Waals surface area contributed by atoms with Crippen molar-refractivity contribution in [3.8, 4) is 0 Å². The van der Waals surface area contributed by atoms with E-state index in [1.807, 2.05) is 13.8 Å². The highest BCUT2D eigenvalue weighted by Crippen LogP contribution is 2.24. The van der Waals surface area contributed by atoms with Gasteiger partial charge in [0.05, 0.1) is 0 Å². The van der Waals surface area contributed by atoms with Crippen LogP contribution in [0, 0.1) is 0 Å². The summed E-state index contributed by atoms with van der Waals surface area (Å²) in [4.78, 5) is 41.9. The molecule has 1 aliphatic heterocycles. The molecule has 1 N–H and O–H groups in total. The van der Waals surface area contributed by atoms with Gasteiger partial charge in [0.15, 0.2) is 12.5 Å². The summed E-state index contributed by atoms with van der Waals surface area (Å²) < 4.78 is 40.4. The van der Waals surface area contributed by atoms with Gasteiger partial charge in [-0.3, -0.25) is 29.6 Å². The number of urea groups is 1. The van der Waals surface area contributed by atoms with Gasteiger partial charge in [-0.15, -0.1) is 0 Å². The van der Waals surface area contributed by atoms with E-state index in [1.54, 1.807) is 4.90 Å². The van der Waals surface area contributed by atoms with Crippen LogP contribution in [0.1, 0.15) is 20.8 Å². The minimum Gasteiger partial charge on any atom is -0.364 e. The Bertz CT molecular complexity index is 892. The molecule has 0 radical (unpaired) electrons. The molecule has 19 heteroatoms. The highest BCUT2D eigenvalue weighted by atomic mass is 16.6. The number of carbonyl (C=O) groups is 2. The third-order valence-corrected chi connectivity index (χ3v) is 5.18. The predicted molar refractivity (Wildman–Crippen MR) is 153 cm³/mol. The van der Waals surface area contributed by atoms with E-state index in [1.165, 1.54) is 78.5 Å². The summed E-state index contributed by atoms with van der Waals surface area (Å²) in [6.07, 6.45) is -0.986. The summed E-state index contributed by atoms with van der Waals surface area (Å²) in [7, 11) is 11.9. The second-order valence-corrected chi connectivity index (χ2v) is 8.10. The lowest BCUT2D eigenvalue weighted by Crippen LogP contribution is -2.41. The van der Waals surface area contributed by atoms with Crippen molar-refractivity contribution in [3.63, 3.8) is 0 Å². The van der Waals surface area contributed by atoms with E-state index in [4.69, 9.17) is 37.9 Å². The Morgan fingerprint density at radius 1 is 0.698 bits per heavy atom. The first-order valence-corrected chi connectivity index (χ1v) is 13.0. The number of methoxy groups -OCH3 is 8. The number of hydrogen-bond donors (Lipinski definition) is 1. The Morgan fingerprint density at radius 3 is 1.49 bits per heavy atom. The molecule has 2 heterocycles. The Morgan fingerprint density at radius 2 is 1.12 bits per heavy atom. The van der Waals surface area contributed by atoms with Gasteiger partial charge < -0.3 is 37.9 Å². The van der Waals surface area contributed by atoms with Gasteiger partial charge in [-0.1, -0.05) is 13.8 Å². The van der Waals surface area contributed by atoms with Gasteiger partial charge in [-0.25, -0.2) is 4.79 Å². The summed E-state index contributed by atoms with van der Waals surface area (Å²) in [5.41, 5.74) is 0. The molecular weight excluding hydrogens is 576 g/mol. The van der Waals surface area contributed by atoms with E-state index < -0.39 is 12.5 Å². The van der Waals surface area contributed by atoms with E-state index in [0.29, 0.717) is 5.06 Å². The topological polar surface area (TPSA) is 183 Å². The summed E-state index contributed by atoms with van der Waals surface area (Å²) >= 11 is 0. The Balaban J connectivity index is 0.000000842. The first kappa shape index (κ1) is 40.0. The van der Waals surface area contributed by atoms with E-state index in [-0.39, 0.29) is 70.2 Å². The highest BCUT2D eigenvalue weighted by Gasteiger charge is 2.46. The molecule has 250 valence electrons. The molecule has 0 aliphatic carbocycles. The molecule has 19 nitrogen and oxygen atoms in total. The number of hydroxylamine groups is 1. The first-order chi connectivity index (χ1) is 20.7. The molecule has 43 heavy (non-hydrogen) atoms. The maximum absolute atomic E-state index is 12.0. The van der Waals surface area contributed by atoms with Gasteiger partial charge in [-0.2, -0.15) is 20.0 Å². The molecule has 1 fully saturated rings. The molecule has 0 aromatic carbocycles. The van der Waals surface area contributed by atoms with Crippen LogP contribution in [-0.4, -0.2) is 152 Å². The predicted octanol–water partition coefficient (Wildman–Crippen LogP) is 0.545. The lowest BCUT2D eigenvalue weighted by molar-refractivity contribution is -0.132. The SMILES string of the molecule is CC.COCN(O)c1nc(N(COC)COC)nc(N(COC)C(C)=O)n1.COCN1C(=O)N(COC)C(OC)C1OC. The largest absolute Gasteiger partial charge is 0.364 e. The van der Waals surface area contributed by atoms with Crippen LogP contribution in [0.15, 0.2) is 0 Å². The fourth-order valence-corrected chi connectivity index (χ4v) is 3.50. The maximum atomic E-state index is 12.0. The molecule has 0 bridgehead atoms. The lowest BCUT2D eigenvalue weighted by atomic mass is 10.5. The van der Waals surface area contributed by atoms with Gasteiger partial charge in [0.1, 0.15) is 40.4 Å². The standard InChI is InChI=1S/C13H24N6O6.C9H18N2O5.C2H6/c1-10(20)18(8-24-4)12-14-11(17(6-22-2)7-23-3)15-13(16-12)19(21)9-25-5;1-13-5-10-7(15-3)8(16-4)11(6-14-2)9(10)12;1-2/h21H,6-9H2,1-5H3;7-8H,5-6H2,1-4H3;1-2H3. The number of aromatic nitrogens is 3. The Hall–Kier alpha value is -3.01. The van der Waals surface area contributed by atoms with Crippen LogP contribution in [0.3, 0.4) is 0 Å². The van der Waals surface area contributed by atoms with Crippen LogP contribution >= 0.6 is 0 Å². The van der Waals surface area contributed by atoms with Crippen LogP contribution in [-0.2, 0) is 42.7 Å². The number of carbonyl (C=O) groups excluding carboxylic acids is 2. The zero-order valence-corrected chi connectivity index (χ0v) is 27.0. The molecule has 1 aromatic rings. The average Bonchev–Trinajstić information content (AvgIpc) is 3.26. The molecule has 0 saturated carbocycles. The minimum atomic E-state index is -0.493. The van der Waals surface area contributed by atoms with Gasteiger partial charge in [0.2, 0.25) is 17.8 Å². The third-order valence-electron chi connectivity index (χ3n) is 5.18. The van der Waals surface area contributed by atoms with Crippen molar-refractivity contribution in [2.75, 3.05) is 112 Å². The van der Waals surface area contributed by atoms with Gasteiger partial charge in [-0.05, 0) is 0 Å². The maximum Gasteiger partial charge on any atom is 0.328 e. The van der Waals surface area contributed by atoms with Crippen molar-refractivity contribution in [2.24, 2.45) is 0 Å². The molecule has 2 unspecified atom stereocenters. The van der Waals surface area contributed by atoms with Crippen molar-refractivity contribution in [2.45, 2.75) is 33.2 Å². The smallest absolute Gasteiger partial charge is 0.328 e. The van der Waals surface area contributed by atoms with E-state index >= 15 is 0 Å². The second kappa shape index (κ2) is 22.5. The van der Waals surface area contributed by atoms with Crippen molar-refractivity contribution in [1.82, 2.24) is 24.8 Å². The number of anilines is 3. The van der Waals surface area contributed by atoms with Crippen molar-refractivity contribution >= 4 is 29.8 Å². The molecule has 2 atom stereocenters. The molecule has 2 rings (SSSR count). The quantitative estimate of drug-likeness (QED) is 0.187. The fraction of sp³-hybridized carbons (Fsp3) is 0.792. The van der Waals surface area contributed by atoms with Crippen molar-refractivity contribution in [1.29, 1.82) is 0 Å². The number of rotatable bonds is 17. The summed E-state index contributed by atoms with van der Waals surface area (Å²) in [5, 5.41) is 10.7. The third kappa shape index (κ3) is 11.9. The normalized spacial score (nSPS) is 15.9. The van der Waals surface area contributed by atoms with Crippen LogP contribution in [0.5, 0.6) is 0 Å². The molecule has 0 spiro atoms. The Labute approximate surface area is 253 Å². The monoisotopic (exact) mass is 624 g/mol. The Kier molecular flexibility index (Phi) is 20.9. The molecular formula is C24H48N8O11. The summed E-state index contributed by atoms with van der Waals surface area (Å²) in [6, 6.07) is -0.234. The second-order valence-electron chi connectivity index (χ2n) is 8.10. The minimum absolute atomic E-state index is 0.00158. The van der Waals surface area contributed by atoms with Gasteiger partial charge >= 0.3 is 6.03 Å². The zero-order chi connectivity index (χ0) is 32.9. The van der Waals surface area contributed by atoms with Crippen molar-refractivity contribution < 1.29 is 52.7 Å². The number of nitrogens with zero attached hydrogens (tertiary/aromatic N) is 8. The average molecular weight is 625 g/mol. The number of ether oxygens (including phenoxy) is 8. The first-order valence-electron chi connectivity index (χ1n) is 13.0. The molecule has 1 aliphatic rings. The molecule has 1 aromatic heterocycles. The summed E-state index contributed by atoms with van der Waals surface area (Å²) in [5.74, 6) is -0.310. The molecule has 1 saturated heterocycles. The lowest BCUT2D eigenvalue weighted by Gasteiger charge is -2.24. The number of amides is 3. The van der Waals surface area contributed by atoms with E-state index in [2.05, 4.69) is 15.0 Å². The number of hydrogen-bond acceptors (Lipinski definition) is 16. The zero-order valence-electron chi connectivity index (χ0n) is 27.0. The van der Waals surface area contributed by atoms with Crippen LogP contribution < -0.4 is 14.9 Å². The summed E-state index contributed by atoms with van der Waals surface area (Å²) in [6.45, 7) is 5.64. The van der Waals surface area contributed by atoms with Crippen LogP contribution in [0.2, 0.25) is 0 Å². The highest BCUT2D eigenvalue weighted by molar-refractivity contribution is 5.89. The van der Waals surface area contributed by atoms with E-state index in [0.717, 1.165) is 0 Å². The van der Waals surface area contributed by atoms with Crippen molar-refractivity contribution in [3.05, 3.63) is 0 Å². The van der Waals surface area contributed by atoms with Gasteiger partial charge in [0.25, 0.3) is 5.95 Å². The van der Waals surface area contributed by atoms with E-state index in [9.17, 15) is 14.8 Å². The van der Waals surface area contributed by atoms with Gasteiger partial charge in [0, 0.05) is 63.8 Å². The molecule has 3 amide bonds.